The first kappa shape index (κ1) is 15.6. The Hall–Kier alpha value is -2.82. The number of aromatic hydroxyl groups is 1. The van der Waals surface area contributed by atoms with Crippen molar-refractivity contribution in [3.63, 3.8) is 0 Å². The van der Waals surface area contributed by atoms with Gasteiger partial charge in [0, 0.05) is 11.3 Å². The molecule has 2 aromatic rings. The van der Waals surface area contributed by atoms with Crippen LogP contribution in [0.2, 0.25) is 0 Å². The summed E-state index contributed by atoms with van der Waals surface area (Å²) in [4.78, 5) is 11.7. The van der Waals surface area contributed by atoms with Crippen LogP contribution in [0.15, 0.2) is 47.6 Å². The predicted molar refractivity (Wildman–Crippen MR) is 88.2 cm³/mol. The SMILES string of the molecule is Cc1ccc(NCC(=O)N/N=C\c2cccc(C)c2O)cc1. The first-order valence-corrected chi connectivity index (χ1v) is 6.97. The zero-order valence-corrected chi connectivity index (χ0v) is 12.6. The summed E-state index contributed by atoms with van der Waals surface area (Å²) in [5, 5.41) is 16.7. The van der Waals surface area contributed by atoms with Crippen LogP contribution in [-0.2, 0) is 4.79 Å². The summed E-state index contributed by atoms with van der Waals surface area (Å²) in [6, 6.07) is 13.1. The lowest BCUT2D eigenvalue weighted by molar-refractivity contribution is -0.119. The van der Waals surface area contributed by atoms with Crippen LogP contribution in [0.25, 0.3) is 0 Å². The van der Waals surface area contributed by atoms with E-state index in [1.807, 2.05) is 37.3 Å². The number of nitrogens with zero attached hydrogens (tertiary/aromatic N) is 1. The number of aryl methyl sites for hydroxylation is 2. The molecule has 0 aliphatic carbocycles. The highest BCUT2D eigenvalue weighted by Crippen LogP contribution is 2.19. The molecule has 0 fully saturated rings. The third-order valence-corrected chi connectivity index (χ3v) is 3.17. The minimum Gasteiger partial charge on any atom is -0.507 e. The molecule has 0 aromatic heterocycles. The van der Waals surface area contributed by atoms with Gasteiger partial charge in [0.1, 0.15) is 5.75 Å². The van der Waals surface area contributed by atoms with Gasteiger partial charge in [0.15, 0.2) is 0 Å². The van der Waals surface area contributed by atoms with Crippen LogP contribution in [0.1, 0.15) is 16.7 Å². The number of hydrogen-bond acceptors (Lipinski definition) is 4. The van der Waals surface area contributed by atoms with Gasteiger partial charge in [-0.2, -0.15) is 5.10 Å². The summed E-state index contributed by atoms with van der Waals surface area (Å²) in [7, 11) is 0. The number of anilines is 1. The normalized spacial score (nSPS) is 10.6. The fraction of sp³-hybridized carbons (Fsp3) is 0.176. The van der Waals surface area contributed by atoms with Crippen LogP contribution in [0.5, 0.6) is 5.75 Å². The van der Waals surface area contributed by atoms with E-state index in [2.05, 4.69) is 15.8 Å². The van der Waals surface area contributed by atoms with Crippen LogP contribution in [0.3, 0.4) is 0 Å². The van der Waals surface area contributed by atoms with Crippen molar-refractivity contribution in [3.05, 3.63) is 59.2 Å². The Balaban J connectivity index is 1.83. The average Bonchev–Trinajstić information content (AvgIpc) is 2.51. The second kappa shape index (κ2) is 7.26. The average molecular weight is 297 g/mol. The second-order valence-corrected chi connectivity index (χ2v) is 5.03. The Labute approximate surface area is 129 Å². The summed E-state index contributed by atoms with van der Waals surface area (Å²) >= 11 is 0. The van der Waals surface area contributed by atoms with E-state index in [-0.39, 0.29) is 18.2 Å². The smallest absolute Gasteiger partial charge is 0.259 e. The summed E-state index contributed by atoms with van der Waals surface area (Å²) < 4.78 is 0. The van der Waals surface area contributed by atoms with Gasteiger partial charge in [0.2, 0.25) is 0 Å². The maximum Gasteiger partial charge on any atom is 0.259 e. The molecular formula is C17H19N3O2. The summed E-state index contributed by atoms with van der Waals surface area (Å²) in [5.74, 6) is -0.0951. The summed E-state index contributed by atoms with van der Waals surface area (Å²) in [6.45, 7) is 3.93. The Kier molecular flexibility index (Phi) is 5.14. The zero-order valence-electron chi connectivity index (χ0n) is 12.6. The lowest BCUT2D eigenvalue weighted by atomic mass is 10.1. The molecule has 22 heavy (non-hydrogen) atoms. The standard InChI is InChI=1S/C17H19N3O2/c1-12-6-8-15(9-7-12)18-11-16(21)20-19-10-14-5-3-4-13(2)17(14)22/h3-10,18,22H,11H2,1-2H3,(H,20,21)/b19-10-. The van der Waals surface area contributed by atoms with Gasteiger partial charge in [-0.1, -0.05) is 29.8 Å². The van der Waals surface area contributed by atoms with Crippen LogP contribution in [0, 0.1) is 13.8 Å². The van der Waals surface area contributed by atoms with Crippen molar-refractivity contribution < 1.29 is 9.90 Å². The summed E-state index contributed by atoms with van der Waals surface area (Å²) in [5.41, 5.74) is 5.78. The number of hydrazone groups is 1. The molecule has 0 aliphatic heterocycles. The van der Waals surface area contributed by atoms with E-state index < -0.39 is 0 Å². The largest absolute Gasteiger partial charge is 0.507 e. The molecule has 0 radical (unpaired) electrons. The van der Waals surface area contributed by atoms with Gasteiger partial charge < -0.3 is 10.4 Å². The molecule has 0 bridgehead atoms. The molecule has 3 N–H and O–H groups in total. The molecule has 0 heterocycles. The highest BCUT2D eigenvalue weighted by molar-refractivity contribution is 5.86. The number of para-hydroxylation sites is 1. The predicted octanol–water partition coefficient (Wildman–Crippen LogP) is 2.57. The van der Waals surface area contributed by atoms with Crippen molar-refractivity contribution in [2.24, 2.45) is 5.10 Å². The van der Waals surface area contributed by atoms with Crippen LogP contribution in [-0.4, -0.2) is 23.8 Å². The number of amides is 1. The van der Waals surface area contributed by atoms with Crippen molar-refractivity contribution in [3.8, 4) is 5.75 Å². The molecule has 114 valence electrons. The molecule has 0 saturated carbocycles. The maximum atomic E-state index is 11.7. The molecule has 0 spiro atoms. The van der Waals surface area contributed by atoms with Gasteiger partial charge in [0.25, 0.3) is 5.91 Å². The van der Waals surface area contributed by atoms with Crippen molar-refractivity contribution in [1.82, 2.24) is 5.43 Å². The summed E-state index contributed by atoms with van der Waals surface area (Å²) in [6.07, 6.45) is 1.42. The number of nitrogens with one attached hydrogen (secondary N) is 2. The lowest BCUT2D eigenvalue weighted by Gasteiger charge is -2.05. The molecule has 5 heteroatoms. The number of hydrogen-bond donors (Lipinski definition) is 3. The number of benzene rings is 2. The van der Waals surface area contributed by atoms with Gasteiger partial charge in [-0.05, 0) is 37.6 Å². The van der Waals surface area contributed by atoms with Crippen molar-refractivity contribution in [2.75, 3.05) is 11.9 Å². The first-order valence-electron chi connectivity index (χ1n) is 6.97. The van der Waals surface area contributed by atoms with E-state index in [9.17, 15) is 9.90 Å². The lowest BCUT2D eigenvalue weighted by Crippen LogP contribution is -2.25. The number of carbonyl (C=O) groups excluding carboxylic acids is 1. The number of rotatable bonds is 5. The molecule has 5 nitrogen and oxygen atoms in total. The molecule has 0 aliphatic rings. The van der Waals surface area contributed by atoms with Crippen molar-refractivity contribution in [1.29, 1.82) is 0 Å². The Morgan fingerprint density at radius 3 is 2.64 bits per heavy atom. The topological polar surface area (TPSA) is 73.7 Å². The molecule has 0 unspecified atom stereocenters. The van der Waals surface area contributed by atoms with Gasteiger partial charge in [0.05, 0.1) is 12.8 Å². The Morgan fingerprint density at radius 2 is 1.91 bits per heavy atom. The molecule has 1 amide bonds. The monoisotopic (exact) mass is 297 g/mol. The fourth-order valence-corrected chi connectivity index (χ4v) is 1.85. The fourth-order valence-electron chi connectivity index (χ4n) is 1.85. The molecule has 0 atom stereocenters. The third kappa shape index (κ3) is 4.34. The van der Waals surface area contributed by atoms with Gasteiger partial charge in [-0.3, -0.25) is 4.79 Å². The van der Waals surface area contributed by atoms with Gasteiger partial charge in [-0.25, -0.2) is 5.43 Å². The van der Waals surface area contributed by atoms with E-state index in [4.69, 9.17) is 0 Å². The zero-order chi connectivity index (χ0) is 15.9. The number of carbonyl (C=O) groups is 1. The highest BCUT2D eigenvalue weighted by atomic mass is 16.3. The number of phenols is 1. The van der Waals surface area contributed by atoms with E-state index in [1.165, 1.54) is 6.21 Å². The van der Waals surface area contributed by atoms with E-state index in [0.29, 0.717) is 5.56 Å². The Morgan fingerprint density at radius 1 is 1.18 bits per heavy atom. The van der Waals surface area contributed by atoms with Crippen molar-refractivity contribution in [2.45, 2.75) is 13.8 Å². The second-order valence-electron chi connectivity index (χ2n) is 5.03. The Bertz CT molecular complexity index is 679. The highest BCUT2D eigenvalue weighted by Gasteiger charge is 2.02. The minimum absolute atomic E-state index is 0.125. The van der Waals surface area contributed by atoms with Gasteiger partial charge in [-0.15, -0.1) is 0 Å². The first-order chi connectivity index (χ1) is 10.6. The van der Waals surface area contributed by atoms with Gasteiger partial charge >= 0.3 is 0 Å². The van der Waals surface area contributed by atoms with E-state index in [0.717, 1.165) is 16.8 Å². The van der Waals surface area contributed by atoms with E-state index >= 15 is 0 Å². The maximum absolute atomic E-state index is 11.7. The molecule has 0 saturated heterocycles. The molecule has 2 rings (SSSR count). The van der Waals surface area contributed by atoms with Crippen molar-refractivity contribution >= 4 is 17.8 Å². The van der Waals surface area contributed by atoms with Crippen LogP contribution >= 0.6 is 0 Å². The molecular weight excluding hydrogens is 278 g/mol. The van der Waals surface area contributed by atoms with Crippen LogP contribution < -0.4 is 10.7 Å². The quantitative estimate of drug-likeness (QED) is 0.586. The van der Waals surface area contributed by atoms with E-state index in [1.54, 1.807) is 19.1 Å². The minimum atomic E-state index is -0.260. The third-order valence-electron chi connectivity index (χ3n) is 3.17. The number of phenolic OH excluding ortho intramolecular Hbond substituents is 1. The molecule has 2 aromatic carbocycles. The van der Waals surface area contributed by atoms with Crippen LogP contribution in [0.4, 0.5) is 5.69 Å².